The first-order chi connectivity index (χ1) is 11.1. The van der Waals surface area contributed by atoms with Crippen LogP contribution in [0.5, 0.6) is 5.75 Å². The predicted molar refractivity (Wildman–Crippen MR) is 102 cm³/mol. The largest absolute Gasteiger partial charge is 0.482 e. The minimum Gasteiger partial charge on any atom is -0.482 e. The normalized spacial score (nSPS) is 19.8. The molecule has 0 fully saturated rings. The molecule has 2 aromatic rings. The SMILES string of the molecule is CN1c2ccc(N)cc2NC1(C)C(C)(C)Oc1ccc(Cl)cc1Cl. The summed E-state index contributed by atoms with van der Waals surface area (Å²) in [6, 6.07) is 11.1. The van der Waals surface area contributed by atoms with Gasteiger partial charge in [0.2, 0.25) is 0 Å². The number of benzene rings is 2. The van der Waals surface area contributed by atoms with E-state index in [1.807, 2.05) is 39.1 Å². The minimum absolute atomic E-state index is 0.488. The lowest BCUT2D eigenvalue weighted by Crippen LogP contribution is -2.63. The van der Waals surface area contributed by atoms with E-state index in [4.69, 9.17) is 33.7 Å². The van der Waals surface area contributed by atoms with Crippen molar-refractivity contribution in [3.05, 3.63) is 46.4 Å². The third-order valence-electron chi connectivity index (χ3n) is 4.86. The maximum Gasteiger partial charge on any atom is 0.147 e. The lowest BCUT2D eigenvalue weighted by Gasteiger charge is -2.46. The average Bonchev–Trinajstić information content (AvgIpc) is 2.74. The number of halogens is 2. The van der Waals surface area contributed by atoms with Crippen LogP contribution in [-0.2, 0) is 0 Å². The first kappa shape index (κ1) is 17.1. The zero-order valence-corrected chi connectivity index (χ0v) is 15.7. The maximum absolute atomic E-state index is 6.28. The van der Waals surface area contributed by atoms with E-state index in [1.165, 1.54) is 0 Å². The van der Waals surface area contributed by atoms with Crippen LogP contribution >= 0.6 is 23.2 Å². The monoisotopic (exact) mass is 365 g/mol. The number of nitrogen functional groups attached to an aromatic ring is 1. The molecule has 0 radical (unpaired) electrons. The Morgan fingerprint density at radius 3 is 2.54 bits per heavy atom. The first-order valence-electron chi connectivity index (χ1n) is 7.70. The van der Waals surface area contributed by atoms with Crippen LogP contribution in [0.25, 0.3) is 0 Å². The van der Waals surface area contributed by atoms with Crippen molar-refractivity contribution in [1.82, 2.24) is 0 Å². The van der Waals surface area contributed by atoms with E-state index < -0.39 is 11.3 Å². The molecular formula is C18H21Cl2N3O. The van der Waals surface area contributed by atoms with Crippen molar-refractivity contribution in [2.24, 2.45) is 0 Å². The molecule has 0 aliphatic carbocycles. The highest BCUT2D eigenvalue weighted by Gasteiger charge is 2.51. The second kappa shape index (κ2) is 5.64. The van der Waals surface area contributed by atoms with E-state index in [9.17, 15) is 0 Å². The molecule has 0 spiro atoms. The molecule has 2 aromatic carbocycles. The zero-order valence-electron chi connectivity index (χ0n) is 14.2. The molecule has 3 rings (SSSR count). The number of anilines is 3. The van der Waals surface area contributed by atoms with Gasteiger partial charge < -0.3 is 20.7 Å². The van der Waals surface area contributed by atoms with Gasteiger partial charge in [-0.1, -0.05) is 23.2 Å². The maximum atomic E-state index is 6.28. The van der Waals surface area contributed by atoms with Crippen LogP contribution in [0.3, 0.4) is 0 Å². The molecule has 0 bridgehead atoms. The molecule has 24 heavy (non-hydrogen) atoms. The third kappa shape index (κ3) is 2.64. The third-order valence-corrected chi connectivity index (χ3v) is 5.39. The Morgan fingerprint density at radius 1 is 1.17 bits per heavy atom. The van der Waals surface area contributed by atoms with Crippen molar-refractivity contribution in [3.63, 3.8) is 0 Å². The number of nitrogens with zero attached hydrogens (tertiary/aromatic N) is 1. The molecule has 1 atom stereocenters. The van der Waals surface area contributed by atoms with Crippen molar-refractivity contribution in [2.75, 3.05) is 23.0 Å². The fourth-order valence-corrected chi connectivity index (χ4v) is 3.47. The van der Waals surface area contributed by atoms with Gasteiger partial charge in [-0.05, 0) is 57.2 Å². The Labute approximate surface area is 152 Å². The standard InChI is InChI=1S/C18H21Cl2N3O/c1-17(2,24-16-8-5-11(19)9-13(16)20)18(3)22-14-10-12(21)6-7-15(14)23(18)4/h5-10,22H,21H2,1-4H3. The topological polar surface area (TPSA) is 50.5 Å². The molecule has 1 unspecified atom stereocenters. The summed E-state index contributed by atoms with van der Waals surface area (Å²) in [7, 11) is 2.03. The van der Waals surface area contributed by atoms with Crippen molar-refractivity contribution >= 4 is 40.3 Å². The van der Waals surface area contributed by atoms with Crippen LogP contribution in [0.2, 0.25) is 10.0 Å². The summed E-state index contributed by atoms with van der Waals surface area (Å²) in [5.74, 6) is 0.595. The summed E-state index contributed by atoms with van der Waals surface area (Å²) in [6.45, 7) is 6.14. The number of rotatable bonds is 3. The summed E-state index contributed by atoms with van der Waals surface area (Å²) in [4.78, 5) is 2.16. The summed E-state index contributed by atoms with van der Waals surface area (Å²) in [5, 5.41) is 4.61. The van der Waals surface area contributed by atoms with Crippen LogP contribution in [0.4, 0.5) is 17.1 Å². The predicted octanol–water partition coefficient (Wildman–Crippen LogP) is 5.01. The highest BCUT2D eigenvalue weighted by atomic mass is 35.5. The number of hydrogen-bond acceptors (Lipinski definition) is 4. The molecule has 0 amide bonds. The van der Waals surface area contributed by atoms with Crippen LogP contribution < -0.4 is 20.7 Å². The van der Waals surface area contributed by atoms with E-state index >= 15 is 0 Å². The molecule has 1 aliphatic heterocycles. The van der Waals surface area contributed by atoms with Gasteiger partial charge in [0.25, 0.3) is 0 Å². The first-order valence-corrected chi connectivity index (χ1v) is 8.45. The summed E-state index contributed by atoms with van der Waals surface area (Å²) in [6.07, 6.45) is 0. The number of hydrogen-bond donors (Lipinski definition) is 2. The fourth-order valence-electron chi connectivity index (χ4n) is 3.02. The number of nitrogens with two attached hydrogens (primary N) is 1. The van der Waals surface area contributed by atoms with E-state index in [0.29, 0.717) is 15.8 Å². The molecule has 0 saturated heterocycles. The highest BCUT2D eigenvalue weighted by molar-refractivity contribution is 6.35. The van der Waals surface area contributed by atoms with Gasteiger partial charge in [-0.25, -0.2) is 0 Å². The van der Waals surface area contributed by atoms with Gasteiger partial charge in [0.1, 0.15) is 17.0 Å². The van der Waals surface area contributed by atoms with Crippen molar-refractivity contribution in [3.8, 4) is 5.75 Å². The Balaban J connectivity index is 1.94. The molecule has 1 heterocycles. The smallest absolute Gasteiger partial charge is 0.147 e. The quantitative estimate of drug-likeness (QED) is 0.750. The van der Waals surface area contributed by atoms with Gasteiger partial charge in [-0.15, -0.1) is 0 Å². The number of fused-ring (bicyclic) bond motifs is 1. The van der Waals surface area contributed by atoms with Gasteiger partial charge in [0.05, 0.1) is 16.4 Å². The highest BCUT2D eigenvalue weighted by Crippen LogP contribution is 2.46. The van der Waals surface area contributed by atoms with Gasteiger partial charge >= 0.3 is 0 Å². The van der Waals surface area contributed by atoms with E-state index in [0.717, 1.165) is 17.1 Å². The zero-order chi connectivity index (χ0) is 17.7. The van der Waals surface area contributed by atoms with Gasteiger partial charge in [0.15, 0.2) is 0 Å². The Kier molecular flexibility index (Phi) is 4.01. The Hall–Kier alpha value is -1.78. The molecule has 128 valence electrons. The van der Waals surface area contributed by atoms with E-state index in [-0.39, 0.29) is 0 Å². The van der Waals surface area contributed by atoms with Crippen LogP contribution in [-0.4, -0.2) is 18.3 Å². The second-order valence-corrected chi connectivity index (χ2v) is 7.56. The molecule has 0 aromatic heterocycles. The number of likely N-dealkylation sites (N-methyl/N-ethyl adjacent to an activating group) is 1. The molecule has 6 heteroatoms. The molecule has 1 aliphatic rings. The molecule has 4 nitrogen and oxygen atoms in total. The van der Waals surface area contributed by atoms with E-state index in [1.54, 1.807) is 18.2 Å². The lowest BCUT2D eigenvalue weighted by atomic mass is 9.91. The average molecular weight is 366 g/mol. The summed E-state index contributed by atoms with van der Waals surface area (Å²) >= 11 is 12.2. The van der Waals surface area contributed by atoms with Crippen molar-refractivity contribution in [1.29, 1.82) is 0 Å². The molecular weight excluding hydrogens is 345 g/mol. The minimum atomic E-state index is -0.604. The number of ether oxygens (including phenoxy) is 1. The van der Waals surface area contributed by atoms with Crippen LogP contribution in [0, 0.1) is 0 Å². The van der Waals surface area contributed by atoms with E-state index in [2.05, 4.69) is 17.1 Å². The number of nitrogens with one attached hydrogen (secondary N) is 1. The van der Waals surface area contributed by atoms with Gasteiger partial charge in [-0.2, -0.15) is 0 Å². The lowest BCUT2D eigenvalue weighted by molar-refractivity contribution is 0.0454. The molecule has 0 saturated carbocycles. The van der Waals surface area contributed by atoms with Crippen LogP contribution in [0.1, 0.15) is 20.8 Å². The molecule has 3 N–H and O–H groups in total. The summed E-state index contributed by atoms with van der Waals surface area (Å²) < 4.78 is 6.28. The summed E-state index contributed by atoms with van der Waals surface area (Å²) in [5.41, 5.74) is 7.59. The van der Waals surface area contributed by atoms with Crippen molar-refractivity contribution in [2.45, 2.75) is 32.0 Å². The van der Waals surface area contributed by atoms with Gasteiger partial charge in [-0.3, -0.25) is 0 Å². The van der Waals surface area contributed by atoms with Crippen LogP contribution in [0.15, 0.2) is 36.4 Å². The Morgan fingerprint density at radius 2 is 1.88 bits per heavy atom. The Bertz CT molecular complexity index is 794. The fraction of sp³-hybridized carbons (Fsp3) is 0.333. The van der Waals surface area contributed by atoms with Crippen molar-refractivity contribution < 1.29 is 4.74 Å². The second-order valence-electron chi connectivity index (χ2n) is 6.72. The van der Waals surface area contributed by atoms with Gasteiger partial charge in [0, 0.05) is 17.8 Å².